The van der Waals surface area contributed by atoms with Crippen LogP contribution < -0.4 is 10.6 Å². The SMILES string of the molecule is Cc1cccc2c1N(C)C(CCN)CC2. The van der Waals surface area contributed by atoms with Crippen LogP contribution in [0.2, 0.25) is 0 Å². The van der Waals surface area contributed by atoms with Gasteiger partial charge in [0, 0.05) is 18.8 Å². The molecular weight excluding hydrogens is 184 g/mol. The Labute approximate surface area is 92.1 Å². The molecule has 0 spiro atoms. The molecule has 2 N–H and O–H groups in total. The molecule has 0 radical (unpaired) electrons. The van der Waals surface area contributed by atoms with Crippen LogP contribution >= 0.6 is 0 Å². The molecule has 1 unspecified atom stereocenters. The van der Waals surface area contributed by atoms with Crippen LogP contribution in [0.1, 0.15) is 24.0 Å². The summed E-state index contributed by atoms with van der Waals surface area (Å²) < 4.78 is 0. The highest BCUT2D eigenvalue weighted by Crippen LogP contribution is 2.33. The third-order valence-corrected chi connectivity index (χ3v) is 3.47. The Morgan fingerprint density at radius 2 is 2.27 bits per heavy atom. The molecule has 2 heteroatoms. The lowest BCUT2D eigenvalue weighted by Crippen LogP contribution is -2.38. The molecular formula is C13H20N2. The van der Waals surface area contributed by atoms with Crippen LogP contribution in [0.3, 0.4) is 0 Å². The normalized spacial score (nSPS) is 20.2. The van der Waals surface area contributed by atoms with Crippen LogP contribution in [0.25, 0.3) is 0 Å². The second-order valence-electron chi connectivity index (χ2n) is 4.46. The number of rotatable bonds is 2. The molecule has 0 fully saturated rings. The second-order valence-corrected chi connectivity index (χ2v) is 4.46. The minimum absolute atomic E-state index is 0.628. The van der Waals surface area contributed by atoms with E-state index in [0.717, 1.165) is 13.0 Å². The number of fused-ring (bicyclic) bond motifs is 1. The van der Waals surface area contributed by atoms with Crippen molar-refractivity contribution in [2.45, 2.75) is 32.2 Å². The first kappa shape index (κ1) is 10.5. The fraction of sp³-hybridized carbons (Fsp3) is 0.538. The van der Waals surface area contributed by atoms with Gasteiger partial charge in [0.25, 0.3) is 0 Å². The van der Waals surface area contributed by atoms with Crippen molar-refractivity contribution in [3.8, 4) is 0 Å². The summed E-state index contributed by atoms with van der Waals surface area (Å²) >= 11 is 0. The lowest BCUT2D eigenvalue weighted by molar-refractivity contribution is 0.526. The highest BCUT2D eigenvalue weighted by molar-refractivity contribution is 5.61. The average molecular weight is 204 g/mol. The van der Waals surface area contributed by atoms with E-state index in [4.69, 9.17) is 5.73 Å². The molecule has 0 saturated carbocycles. The van der Waals surface area contributed by atoms with Gasteiger partial charge in [-0.15, -0.1) is 0 Å². The van der Waals surface area contributed by atoms with Crippen LogP contribution in [-0.2, 0) is 6.42 Å². The first-order valence-electron chi connectivity index (χ1n) is 5.75. The zero-order valence-corrected chi connectivity index (χ0v) is 9.66. The number of benzene rings is 1. The summed E-state index contributed by atoms with van der Waals surface area (Å²) in [6.07, 6.45) is 3.54. The summed E-state index contributed by atoms with van der Waals surface area (Å²) in [5, 5.41) is 0. The Morgan fingerprint density at radius 1 is 1.47 bits per heavy atom. The van der Waals surface area contributed by atoms with Crippen molar-refractivity contribution < 1.29 is 0 Å². The predicted octanol–water partition coefficient (Wildman–Crippen LogP) is 2.09. The molecule has 0 saturated heterocycles. The van der Waals surface area contributed by atoms with Gasteiger partial charge in [-0.1, -0.05) is 18.2 Å². The van der Waals surface area contributed by atoms with Crippen molar-refractivity contribution in [2.24, 2.45) is 5.73 Å². The Hall–Kier alpha value is -1.02. The third-order valence-electron chi connectivity index (χ3n) is 3.47. The maximum absolute atomic E-state index is 5.65. The van der Waals surface area contributed by atoms with Crippen molar-refractivity contribution in [1.29, 1.82) is 0 Å². The molecule has 82 valence electrons. The molecule has 1 aromatic carbocycles. The summed E-state index contributed by atoms with van der Waals surface area (Å²) in [5.41, 5.74) is 9.96. The summed E-state index contributed by atoms with van der Waals surface area (Å²) in [7, 11) is 2.20. The van der Waals surface area contributed by atoms with E-state index in [0.29, 0.717) is 6.04 Å². The lowest BCUT2D eigenvalue weighted by Gasteiger charge is -2.37. The zero-order valence-electron chi connectivity index (χ0n) is 9.66. The van der Waals surface area contributed by atoms with E-state index < -0.39 is 0 Å². The van der Waals surface area contributed by atoms with Crippen molar-refractivity contribution in [1.82, 2.24) is 0 Å². The quantitative estimate of drug-likeness (QED) is 0.799. The molecule has 1 aliphatic rings. The van der Waals surface area contributed by atoms with Crippen molar-refractivity contribution in [3.63, 3.8) is 0 Å². The standard InChI is InChI=1S/C13H20N2/c1-10-4-3-5-11-6-7-12(8-9-14)15(2)13(10)11/h3-5,12H,6-9,14H2,1-2H3. The Balaban J connectivity index is 2.32. The molecule has 1 aromatic rings. The van der Waals surface area contributed by atoms with Crippen LogP contribution in [-0.4, -0.2) is 19.6 Å². The van der Waals surface area contributed by atoms with E-state index in [1.54, 1.807) is 0 Å². The summed E-state index contributed by atoms with van der Waals surface area (Å²) in [6.45, 7) is 2.98. The van der Waals surface area contributed by atoms with Crippen molar-refractivity contribution in [2.75, 3.05) is 18.5 Å². The number of nitrogens with two attached hydrogens (primary N) is 1. The third kappa shape index (κ3) is 1.86. The molecule has 0 amide bonds. The first-order valence-corrected chi connectivity index (χ1v) is 5.75. The maximum Gasteiger partial charge on any atom is 0.0428 e. The van der Waals surface area contributed by atoms with Crippen LogP contribution in [0.5, 0.6) is 0 Å². The van der Waals surface area contributed by atoms with Gasteiger partial charge in [-0.2, -0.15) is 0 Å². The Kier molecular flexibility index (Phi) is 2.96. The van der Waals surface area contributed by atoms with Crippen LogP contribution in [0.4, 0.5) is 5.69 Å². The number of hydrogen-bond donors (Lipinski definition) is 1. The molecule has 1 heterocycles. The smallest absolute Gasteiger partial charge is 0.0428 e. The van der Waals surface area contributed by atoms with Crippen molar-refractivity contribution >= 4 is 5.69 Å². The van der Waals surface area contributed by atoms with Gasteiger partial charge in [0.15, 0.2) is 0 Å². The van der Waals surface area contributed by atoms with Gasteiger partial charge in [0.1, 0.15) is 0 Å². The lowest BCUT2D eigenvalue weighted by atomic mass is 9.92. The molecule has 15 heavy (non-hydrogen) atoms. The number of anilines is 1. The number of aryl methyl sites for hydroxylation is 2. The minimum Gasteiger partial charge on any atom is -0.371 e. The van der Waals surface area contributed by atoms with Gasteiger partial charge in [-0.3, -0.25) is 0 Å². The fourth-order valence-electron chi connectivity index (χ4n) is 2.65. The average Bonchev–Trinajstić information content (AvgIpc) is 2.22. The number of nitrogens with zero attached hydrogens (tertiary/aromatic N) is 1. The second kappa shape index (κ2) is 4.23. The highest BCUT2D eigenvalue weighted by atomic mass is 15.1. The molecule has 0 aromatic heterocycles. The minimum atomic E-state index is 0.628. The Morgan fingerprint density at radius 3 is 3.00 bits per heavy atom. The monoisotopic (exact) mass is 204 g/mol. The summed E-state index contributed by atoms with van der Waals surface area (Å²) in [5.74, 6) is 0. The molecule has 0 bridgehead atoms. The largest absolute Gasteiger partial charge is 0.371 e. The van der Waals surface area contributed by atoms with E-state index in [1.807, 2.05) is 0 Å². The van der Waals surface area contributed by atoms with Crippen LogP contribution in [0, 0.1) is 6.92 Å². The highest BCUT2D eigenvalue weighted by Gasteiger charge is 2.23. The van der Waals surface area contributed by atoms with E-state index >= 15 is 0 Å². The first-order chi connectivity index (χ1) is 7.24. The molecule has 0 aliphatic carbocycles. The number of para-hydroxylation sites is 1. The fourth-order valence-corrected chi connectivity index (χ4v) is 2.65. The van der Waals surface area contributed by atoms with E-state index in [2.05, 4.69) is 37.1 Å². The Bertz CT molecular complexity index is 346. The maximum atomic E-state index is 5.65. The van der Waals surface area contributed by atoms with Gasteiger partial charge in [-0.05, 0) is 43.9 Å². The molecule has 1 atom stereocenters. The van der Waals surface area contributed by atoms with Gasteiger partial charge in [0.2, 0.25) is 0 Å². The number of hydrogen-bond acceptors (Lipinski definition) is 2. The predicted molar refractivity (Wildman–Crippen MR) is 65.4 cm³/mol. The van der Waals surface area contributed by atoms with E-state index in [1.165, 1.54) is 29.7 Å². The van der Waals surface area contributed by atoms with Crippen molar-refractivity contribution in [3.05, 3.63) is 29.3 Å². The molecule has 2 nitrogen and oxygen atoms in total. The van der Waals surface area contributed by atoms with Gasteiger partial charge in [-0.25, -0.2) is 0 Å². The molecule has 2 rings (SSSR count). The summed E-state index contributed by atoms with van der Waals surface area (Å²) in [4.78, 5) is 2.42. The van der Waals surface area contributed by atoms with E-state index in [9.17, 15) is 0 Å². The van der Waals surface area contributed by atoms with Gasteiger partial charge >= 0.3 is 0 Å². The zero-order chi connectivity index (χ0) is 10.8. The van der Waals surface area contributed by atoms with Gasteiger partial charge < -0.3 is 10.6 Å². The summed E-state index contributed by atoms with van der Waals surface area (Å²) in [6, 6.07) is 7.23. The van der Waals surface area contributed by atoms with E-state index in [-0.39, 0.29) is 0 Å². The topological polar surface area (TPSA) is 29.3 Å². The van der Waals surface area contributed by atoms with Gasteiger partial charge in [0.05, 0.1) is 0 Å². The molecule has 1 aliphatic heterocycles. The van der Waals surface area contributed by atoms with Crippen LogP contribution in [0.15, 0.2) is 18.2 Å².